The summed E-state index contributed by atoms with van der Waals surface area (Å²) in [6, 6.07) is 11.1. The van der Waals surface area contributed by atoms with Crippen molar-refractivity contribution in [3.05, 3.63) is 55.9 Å². The quantitative estimate of drug-likeness (QED) is 0.592. The van der Waals surface area contributed by atoms with Gasteiger partial charge in [0.1, 0.15) is 0 Å². The van der Waals surface area contributed by atoms with Crippen molar-refractivity contribution in [3.8, 4) is 11.1 Å². The number of rotatable bonds is 1. The van der Waals surface area contributed by atoms with E-state index in [1.807, 2.05) is 24.3 Å². The van der Waals surface area contributed by atoms with Crippen LogP contribution in [0.15, 0.2) is 40.9 Å². The molecule has 0 saturated carbocycles. The van der Waals surface area contributed by atoms with Gasteiger partial charge in [-0.1, -0.05) is 68.9 Å². The number of hydrogen-bond donors (Lipinski definition) is 0. The maximum absolute atomic E-state index is 6.15. The van der Waals surface area contributed by atoms with Crippen LogP contribution < -0.4 is 0 Å². The highest BCUT2D eigenvalue weighted by Gasteiger charge is 2.12. The van der Waals surface area contributed by atoms with Crippen LogP contribution in [-0.2, 0) is 0 Å². The molecule has 2 aromatic carbocycles. The molecule has 0 amide bonds. The lowest BCUT2D eigenvalue weighted by Crippen LogP contribution is -1.83. The molecule has 16 heavy (non-hydrogen) atoms. The van der Waals surface area contributed by atoms with Gasteiger partial charge in [-0.15, -0.1) is 0 Å². The van der Waals surface area contributed by atoms with E-state index in [-0.39, 0.29) is 0 Å². The van der Waals surface area contributed by atoms with Gasteiger partial charge in [0.05, 0.1) is 10.0 Å². The molecule has 0 aliphatic rings. The molecule has 2 aromatic rings. The zero-order valence-corrected chi connectivity index (χ0v) is 11.8. The van der Waals surface area contributed by atoms with E-state index in [0.29, 0.717) is 15.1 Å². The van der Waals surface area contributed by atoms with Crippen LogP contribution >= 0.6 is 50.7 Å². The SMILES string of the molecule is Clc1cc(Cl)c(-c2ccccc2Br)c(Cl)c1. The summed E-state index contributed by atoms with van der Waals surface area (Å²) in [4.78, 5) is 0. The molecule has 0 spiro atoms. The van der Waals surface area contributed by atoms with Gasteiger partial charge in [-0.2, -0.15) is 0 Å². The Kier molecular flexibility index (Phi) is 3.81. The van der Waals surface area contributed by atoms with E-state index in [9.17, 15) is 0 Å². The standard InChI is InChI=1S/C12H6BrCl3/c13-9-4-2-1-3-8(9)12-10(15)5-7(14)6-11(12)16/h1-6H. The van der Waals surface area contributed by atoms with Crippen LogP contribution in [0.1, 0.15) is 0 Å². The topological polar surface area (TPSA) is 0 Å². The van der Waals surface area contributed by atoms with Gasteiger partial charge in [0, 0.05) is 15.1 Å². The van der Waals surface area contributed by atoms with Gasteiger partial charge in [-0.25, -0.2) is 0 Å². The lowest BCUT2D eigenvalue weighted by molar-refractivity contribution is 1.58. The smallest absolute Gasteiger partial charge is 0.0514 e. The van der Waals surface area contributed by atoms with E-state index in [1.165, 1.54) is 0 Å². The Labute approximate surface area is 117 Å². The predicted molar refractivity (Wildman–Crippen MR) is 74.6 cm³/mol. The van der Waals surface area contributed by atoms with Crippen molar-refractivity contribution >= 4 is 50.7 Å². The first-order valence-corrected chi connectivity index (χ1v) is 6.41. The Morgan fingerprint density at radius 1 is 0.875 bits per heavy atom. The third-order valence-electron chi connectivity index (χ3n) is 2.15. The van der Waals surface area contributed by atoms with Crippen LogP contribution in [0.2, 0.25) is 15.1 Å². The normalized spacial score (nSPS) is 10.5. The molecule has 0 N–H and O–H groups in total. The second-order valence-electron chi connectivity index (χ2n) is 3.22. The van der Waals surface area contributed by atoms with Crippen molar-refractivity contribution in [1.29, 1.82) is 0 Å². The van der Waals surface area contributed by atoms with Gasteiger partial charge < -0.3 is 0 Å². The van der Waals surface area contributed by atoms with Crippen LogP contribution in [0.3, 0.4) is 0 Å². The minimum absolute atomic E-state index is 0.533. The lowest BCUT2D eigenvalue weighted by Gasteiger charge is -2.09. The van der Waals surface area contributed by atoms with Crippen molar-refractivity contribution < 1.29 is 0 Å². The molecule has 0 atom stereocenters. The van der Waals surface area contributed by atoms with Crippen LogP contribution in [0.4, 0.5) is 0 Å². The summed E-state index contributed by atoms with van der Waals surface area (Å²) in [6.07, 6.45) is 0. The maximum Gasteiger partial charge on any atom is 0.0514 e. The fourth-order valence-corrected chi connectivity index (χ4v) is 2.97. The first-order valence-electron chi connectivity index (χ1n) is 4.49. The summed E-state index contributed by atoms with van der Waals surface area (Å²) in [5.74, 6) is 0. The van der Waals surface area contributed by atoms with Gasteiger partial charge in [0.15, 0.2) is 0 Å². The highest BCUT2D eigenvalue weighted by molar-refractivity contribution is 9.10. The lowest BCUT2D eigenvalue weighted by atomic mass is 10.1. The van der Waals surface area contributed by atoms with Crippen LogP contribution in [-0.4, -0.2) is 0 Å². The first-order chi connectivity index (χ1) is 7.59. The molecule has 0 saturated heterocycles. The van der Waals surface area contributed by atoms with E-state index in [2.05, 4.69) is 15.9 Å². The third-order valence-corrected chi connectivity index (χ3v) is 3.66. The average Bonchev–Trinajstić information content (AvgIpc) is 2.19. The molecular weight excluding hydrogens is 330 g/mol. The molecule has 2 rings (SSSR count). The van der Waals surface area contributed by atoms with Gasteiger partial charge in [0.25, 0.3) is 0 Å². The highest BCUT2D eigenvalue weighted by atomic mass is 79.9. The van der Waals surface area contributed by atoms with Crippen molar-refractivity contribution in [2.24, 2.45) is 0 Å². The Morgan fingerprint density at radius 2 is 1.44 bits per heavy atom. The van der Waals surface area contributed by atoms with E-state index < -0.39 is 0 Å². The summed E-state index contributed by atoms with van der Waals surface area (Å²) in [5, 5.41) is 1.62. The monoisotopic (exact) mass is 334 g/mol. The molecule has 0 radical (unpaired) electrons. The van der Waals surface area contributed by atoms with E-state index in [0.717, 1.165) is 15.6 Å². The highest BCUT2D eigenvalue weighted by Crippen LogP contribution is 2.40. The molecular formula is C12H6BrCl3. The number of benzene rings is 2. The Morgan fingerprint density at radius 3 is 2.00 bits per heavy atom. The Bertz CT molecular complexity index is 515. The fraction of sp³-hybridized carbons (Fsp3) is 0. The molecule has 0 fully saturated rings. The first kappa shape index (κ1) is 12.3. The van der Waals surface area contributed by atoms with Crippen molar-refractivity contribution in [1.82, 2.24) is 0 Å². The van der Waals surface area contributed by atoms with Crippen LogP contribution in [0.5, 0.6) is 0 Å². The second-order valence-corrected chi connectivity index (χ2v) is 5.33. The van der Waals surface area contributed by atoms with Gasteiger partial charge in [-0.3, -0.25) is 0 Å². The third kappa shape index (κ3) is 2.38. The molecule has 0 heterocycles. The van der Waals surface area contributed by atoms with Crippen LogP contribution in [0, 0.1) is 0 Å². The number of hydrogen-bond acceptors (Lipinski definition) is 0. The average molecular weight is 336 g/mol. The van der Waals surface area contributed by atoms with E-state index in [1.54, 1.807) is 12.1 Å². The van der Waals surface area contributed by atoms with Gasteiger partial charge in [-0.05, 0) is 23.8 Å². The number of halogens is 4. The second kappa shape index (κ2) is 4.97. The molecule has 0 bridgehead atoms. The van der Waals surface area contributed by atoms with Crippen molar-refractivity contribution in [3.63, 3.8) is 0 Å². The molecule has 0 aliphatic heterocycles. The summed E-state index contributed by atoms with van der Waals surface area (Å²) in [6.45, 7) is 0. The Balaban J connectivity index is 2.70. The molecule has 0 aromatic heterocycles. The minimum Gasteiger partial charge on any atom is -0.0842 e. The van der Waals surface area contributed by atoms with Crippen molar-refractivity contribution in [2.75, 3.05) is 0 Å². The van der Waals surface area contributed by atoms with Gasteiger partial charge >= 0.3 is 0 Å². The van der Waals surface area contributed by atoms with Crippen LogP contribution in [0.25, 0.3) is 11.1 Å². The zero-order chi connectivity index (χ0) is 11.7. The molecule has 4 heteroatoms. The summed E-state index contributed by atoms with van der Waals surface area (Å²) < 4.78 is 0.945. The largest absolute Gasteiger partial charge is 0.0842 e. The Hall–Kier alpha value is -0.210. The predicted octanol–water partition coefficient (Wildman–Crippen LogP) is 6.08. The molecule has 0 nitrogen and oxygen atoms in total. The minimum atomic E-state index is 0.533. The molecule has 82 valence electrons. The summed E-state index contributed by atoms with van der Waals surface area (Å²) in [5.41, 5.74) is 1.74. The van der Waals surface area contributed by atoms with Crippen molar-refractivity contribution in [2.45, 2.75) is 0 Å². The van der Waals surface area contributed by atoms with E-state index in [4.69, 9.17) is 34.8 Å². The van der Waals surface area contributed by atoms with E-state index >= 15 is 0 Å². The summed E-state index contributed by atoms with van der Waals surface area (Å²) in [7, 11) is 0. The molecule has 0 unspecified atom stereocenters. The fourth-order valence-electron chi connectivity index (χ4n) is 1.46. The zero-order valence-electron chi connectivity index (χ0n) is 7.98. The maximum atomic E-state index is 6.15. The molecule has 0 aliphatic carbocycles. The van der Waals surface area contributed by atoms with Gasteiger partial charge in [0.2, 0.25) is 0 Å². The summed E-state index contributed by atoms with van der Waals surface area (Å²) >= 11 is 21.6.